The summed E-state index contributed by atoms with van der Waals surface area (Å²) in [4.78, 5) is 29.4. The van der Waals surface area contributed by atoms with Gasteiger partial charge in [0, 0.05) is 23.4 Å². The van der Waals surface area contributed by atoms with Crippen molar-refractivity contribution in [3.05, 3.63) is 74.6 Å². The lowest BCUT2D eigenvalue weighted by atomic mass is 10.1. The van der Waals surface area contributed by atoms with Gasteiger partial charge in [-0.25, -0.2) is 4.98 Å². The summed E-state index contributed by atoms with van der Waals surface area (Å²) in [5.41, 5.74) is 0.262. The van der Waals surface area contributed by atoms with Crippen molar-refractivity contribution in [2.75, 3.05) is 12.4 Å². The molecule has 27 heavy (non-hydrogen) atoms. The first kappa shape index (κ1) is 17.6. The summed E-state index contributed by atoms with van der Waals surface area (Å²) >= 11 is 0. The first-order chi connectivity index (χ1) is 13.0. The predicted octanol–water partition coefficient (Wildman–Crippen LogP) is 2.97. The molecule has 3 rings (SSSR count). The highest BCUT2D eigenvalue weighted by molar-refractivity contribution is 5.69. The molecule has 134 valence electrons. The lowest BCUT2D eigenvalue weighted by Gasteiger charge is -2.09. The summed E-state index contributed by atoms with van der Waals surface area (Å²) in [5, 5.41) is 23.0. The van der Waals surface area contributed by atoms with E-state index >= 15 is 0 Å². The Hall–Kier alpha value is -4.19. The van der Waals surface area contributed by atoms with E-state index in [9.17, 15) is 20.2 Å². The van der Waals surface area contributed by atoms with Crippen molar-refractivity contribution in [3.8, 4) is 23.1 Å². The minimum Gasteiger partial charge on any atom is -0.497 e. The van der Waals surface area contributed by atoms with Gasteiger partial charge >= 0.3 is 0 Å². The van der Waals surface area contributed by atoms with Crippen LogP contribution in [0.4, 0.5) is 17.3 Å². The maximum Gasteiger partial charge on any atom is 0.271 e. The number of anilines is 2. The minimum atomic E-state index is -0.619. The number of aromatic nitrogens is 2. The highest BCUT2D eigenvalue weighted by Crippen LogP contribution is 2.24. The van der Waals surface area contributed by atoms with E-state index in [1.54, 1.807) is 30.3 Å². The molecule has 0 aliphatic heterocycles. The number of rotatable bonds is 5. The van der Waals surface area contributed by atoms with E-state index in [1.165, 1.54) is 25.3 Å². The van der Waals surface area contributed by atoms with Gasteiger partial charge in [-0.3, -0.25) is 19.9 Å². The van der Waals surface area contributed by atoms with Crippen molar-refractivity contribution in [2.24, 2.45) is 0 Å². The Labute approximate surface area is 153 Å². The van der Waals surface area contributed by atoms with Gasteiger partial charge in [0.15, 0.2) is 0 Å². The van der Waals surface area contributed by atoms with Crippen molar-refractivity contribution in [2.45, 2.75) is 0 Å². The first-order valence-electron chi connectivity index (χ1n) is 7.72. The molecule has 0 fully saturated rings. The summed E-state index contributed by atoms with van der Waals surface area (Å²) in [5.74, 6) is 0.683. The summed E-state index contributed by atoms with van der Waals surface area (Å²) in [7, 11) is 1.53. The van der Waals surface area contributed by atoms with Crippen LogP contribution in [-0.2, 0) is 0 Å². The molecule has 0 aliphatic carbocycles. The van der Waals surface area contributed by atoms with E-state index < -0.39 is 10.5 Å². The van der Waals surface area contributed by atoms with E-state index in [0.29, 0.717) is 17.0 Å². The Morgan fingerprint density at radius 2 is 2.00 bits per heavy atom. The number of nitro groups is 1. The Kier molecular flexibility index (Phi) is 4.81. The second-order valence-corrected chi connectivity index (χ2v) is 5.41. The van der Waals surface area contributed by atoms with Crippen LogP contribution < -0.4 is 15.6 Å². The number of methoxy groups -OCH3 is 1. The van der Waals surface area contributed by atoms with E-state index in [4.69, 9.17) is 4.74 Å². The average Bonchev–Trinajstić information content (AvgIpc) is 2.68. The quantitative estimate of drug-likeness (QED) is 0.525. The van der Waals surface area contributed by atoms with Gasteiger partial charge in [-0.15, -0.1) is 0 Å². The number of nitriles is 1. The van der Waals surface area contributed by atoms with Gasteiger partial charge in [0.05, 0.1) is 17.7 Å². The maximum atomic E-state index is 12.3. The molecule has 0 unspecified atom stereocenters. The molecule has 0 amide bonds. The Morgan fingerprint density at radius 1 is 1.26 bits per heavy atom. The fourth-order valence-electron chi connectivity index (χ4n) is 2.43. The third-order valence-electron chi connectivity index (χ3n) is 3.71. The number of nitrogens with one attached hydrogen (secondary N) is 2. The largest absolute Gasteiger partial charge is 0.497 e. The van der Waals surface area contributed by atoms with Gasteiger partial charge in [-0.2, -0.15) is 5.26 Å². The molecule has 0 aliphatic rings. The number of ether oxygens (including phenoxy) is 1. The lowest BCUT2D eigenvalue weighted by molar-refractivity contribution is -0.384. The van der Waals surface area contributed by atoms with Crippen molar-refractivity contribution < 1.29 is 9.66 Å². The molecule has 3 aromatic rings. The van der Waals surface area contributed by atoms with Crippen molar-refractivity contribution >= 4 is 17.3 Å². The van der Waals surface area contributed by atoms with Gasteiger partial charge in [-0.05, 0) is 30.3 Å². The van der Waals surface area contributed by atoms with E-state index in [-0.39, 0.29) is 22.9 Å². The topological polar surface area (TPSA) is 134 Å². The van der Waals surface area contributed by atoms with Crippen LogP contribution in [-0.4, -0.2) is 22.0 Å². The first-order valence-corrected chi connectivity index (χ1v) is 7.72. The Bertz CT molecular complexity index is 1100. The fourth-order valence-corrected chi connectivity index (χ4v) is 2.43. The minimum absolute atomic E-state index is 0.0605. The second kappa shape index (κ2) is 7.37. The molecule has 0 radical (unpaired) electrons. The van der Waals surface area contributed by atoms with Gasteiger partial charge < -0.3 is 10.1 Å². The highest BCUT2D eigenvalue weighted by Gasteiger charge is 2.14. The van der Waals surface area contributed by atoms with Crippen LogP contribution in [0.1, 0.15) is 5.56 Å². The summed E-state index contributed by atoms with van der Waals surface area (Å²) in [6, 6.07) is 14.3. The molecular formula is C18H13N5O4. The Morgan fingerprint density at radius 3 is 2.63 bits per heavy atom. The number of H-pyrrole nitrogens is 1. The molecular weight excluding hydrogens is 350 g/mol. The molecule has 0 spiro atoms. The van der Waals surface area contributed by atoms with E-state index in [0.717, 1.165) is 0 Å². The number of aromatic amines is 1. The van der Waals surface area contributed by atoms with E-state index in [1.807, 2.05) is 6.07 Å². The molecule has 0 bridgehead atoms. The molecule has 1 aromatic heterocycles. The zero-order chi connectivity index (χ0) is 19.4. The third-order valence-corrected chi connectivity index (χ3v) is 3.71. The van der Waals surface area contributed by atoms with Crippen molar-refractivity contribution in [1.29, 1.82) is 5.26 Å². The normalized spacial score (nSPS) is 10.1. The number of non-ortho nitro benzene ring substituents is 1. The number of benzene rings is 2. The second-order valence-electron chi connectivity index (χ2n) is 5.41. The fraction of sp³-hybridized carbons (Fsp3) is 0.0556. The van der Waals surface area contributed by atoms with Crippen LogP contribution >= 0.6 is 0 Å². The molecule has 2 aromatic carbocycles. The number of nitro benzene ring substituents is 1. The van der Waals surface area contributed by atoms with Crippen LogP contribution in [0, 0.1) is 21.4 Å². The van der Waals surface area contributed by atoms with Gasteiger partial charge in [0.2, 0.25) is 5.95 Å². The van der Waals surface area contributed by atoms with Crippen molar-refractivity contribution in [3.63, 3.8) is 0 Å². The Balaban J connectivity index is 2.04. The standard InChI is InChI=1S/C18H13N5O4/c1-27-14-7-5-11(6-8-14)16-15(10-19)17(24)22-18(21-16)20-12-3-2-4-13(9-12)23(25)26/h2-9H,1H3,(H2,20,21,22,24). The third kappa shape index (κ3) is 3.74. The lowest BCUT2D eigenvalue weighted by Crippen LogP contribution is -2.16. The smallest absolute Gasteiger partial charge is 0.271 e. The molecule has 2 N–H and O–H groups in total. The maximum absolute atomic E-state index is 12.3. The van der Waals surface area contributed by atoms with Gasteiger partial charge in [-0.1, -0.05) is 6.07 Å². The highest BCUT2D eigenvalue weighted by atomic mass is 16.6. The molecule has 0 saturated heterocycles. The van der Waals surface area contributed by atoms with E-state index in [2.05, 4.69) is 15.3 Å². The van der Waals surface area contributed by atoms with Crippen LogP contribution in [0.5, 0.6) is 5.75 Å². The molecule has 9 nitrogen and oxygen atoms in total. The summed E-state index contributed by atoms with van der Waals surface area (Å²) < 4.78 is 5.10. The summed E-state index contributed by atoms with van der Waals surface area (Å²) in [6.45, 7) is 0. The molecule has 0 atom stereocenters. The van der Waals surface area contributed by atoms with Crippen LogP contribution in [0.3, 0.4) is 0 Å². The summed E-state index contributed by atoms with van der Waals surface area (Å²) in [6.07, 6.45) is 0. The van der Waals surface area contributed by atoms with Crippen LogP contribution in [0.2, 0.25) is 0 Å². The molecule has 0 saturated carbocycles. The number of nitrogens with zero attached hydrogens (tertiary/aromatic N) is 3. The van der Waals surface area contributed by atoms with Gasteiger partial charge in [0.1, 0.15) is 17.4 Å². The van der Waals surface area contributed by atoms with Crippen LogP contribution in [0.25, 0.3) is 11.3 Å². The number of hydrogen-bond acceptors (Lipinski definition) is 7. The van der Waals surface area contributed by atoms with Crippen LogP contribution in [0.15, 0.2) is 53.3 Å². The van der Waals surface area contributed by atoms with Crippen molar-refractivity contribution in [1.82, 2.24) is 9.97 Å². The zero-order valence-electron chi connectivity index (χ0n) is 14.1. The molecule has 9 heteroatoms. The average molecular weight is 363 g/mol. The zero-order valence-corrected chi connectivity index (χ0v) is 14.1. The van der Waals surface area contributed by atoms with Gasteiger partial charge in [0.25, 0.3) is 11.2 Å². The number of hydrogen-bond donors (Lipinski definition) is 2. The SMILES string of the molecule is COc1ccc(-c2nc(Nc3cccc([N+](=O)[O-])c3)[nH]c(=O)c2C#N)cc1. The monoisotopic (exact) mass is 363 g/mol. The predicted molar refractivity (Wildman–Crippen MR) is 97.9 cm³/mol. The molecule has 1 heterocycles.